The lowest BCUT2D eigenvalue weighted by Crippen LogP contribution is -2.29. The van der Waals surface area contributed by atoms with Crippen molar-refractivity contribution in [2.24, 2.45) is 5.41 Å². The zero-order chi connectivity index (χ0) is 8.48. The van der Waals surface area contributed by atoms with Crippen molar-refractivity contribution in [3.05, 3.63) is 0 Å². The third-order valence-corrected chi connectivity index (χ3v) is 2.33. The maximum Gasteiger partial charge on any atom is 0.214 e. The zero-order valence-electron chi connectivity index (χ0n) is 7.68. The van der Waals surface area contributed by atoms with E-state index in [0.717, 1.165) is 19.5 Å². The molecular formula is C8H16BNO. The van der Waals surface area contributed by atoms with Gasteiger partial charge in [0.25, 0.3) is 0 Å². The Morgan fingerprint density at radius 1 is 1.64 bits per heavy atom. The van der Waals surface area contributed by atoms with Crippen LogP contribution in [0.4, 0.5) is 0 Å². The van der Waals surface area contributed by atoms with Gasteiger partial charge < -0.3 is 4.90 Å². The molecule has 0 atom stereocenters. The molecule has 0 aromatic carbocycles. The third-order valence-electron chi connectivity index (χ3n) is 2.33. The fourth-order valence-electron chi connectivity index (χ4n) is 1.55. The summed E-state index contributed by atoms with van der Waals surface area (Å²) in [5.74, 6) is 0.301. The average Bonchev–Trinajstić information content (AvgIpc) is 2.29. The van der Waals surface area contributed by atoms with Crippen molar-refractivity contribution in [2.45, 2.75) is 26.6 Å². The smallest absolute Gasteiger partial charge is 0.214 e. The summed E-state index contributed by atoms with van der Waals surface area (Å²) in [6.07, 6.45) is 1.80. The Morgan fingerprint density at radius 3 is 2.64 bits per heavy atom. The maximum absolute atomic E-state index is 11.2. The lowest BCUT2D eigenvalue weighted by atomic mass is 9.93. The Bertz CT molecular complexity index is 167. The normalized spacial score (nSPS) is 22.2. The summed E-state index contributed by atoms with van der Waals surface area (Å²) in [5, 5.41) is 0. The fraction of sp³-hybridized carbons (Fsp3) is 0.875. The molecule has 1 rings (SSSR count). The van der Waals surface area contributed by atoms with E-state index in [4.69, 9.17) is 0 Å². The van der Waals surface area contributed by atoms with Crippen LogP contribution in [0.15, 0.2) is 0 Å². The second kappa shape index (κ2) is 2.88. The van der Waals surface area contributed by atoms with Gasteiger partial charge in [0.15, 0.2) is 0 Å². The summed E-state index contributed by atoms with van der Waals surface area (Å²) >= 11 is 0. The lowest BCUT2D eigenvalue weighted by molar-refractivity contribution is -0.128. The second-order valence-corrected chi connectivity index (χ2v) is 4.08. The van der Waals surface area contributed by atoms with Crippen LogP contribution in [-0.4, -0.2) is 31.7 Å². The Balaban J connectivity index is 2.48. The molecule has 0 aliphatic carbocycles. The number of likely N-dealkylation sites (tertiary alicyclic amines) is 1. The molecule has 0 bridgehead atoms. The van der Waals surface area contributed by atoms with Crippen molar-refractivity contribution in [2.75, 3.05) is 13.1 Å². The molecule has 0 radical (unpaired) electrons. The largest absolute Gasteiger partial charge is 0.343 e. The monoisotopic (exact) mass is 153 g/mol. The highest BCUT2D eigenvalue weighted by molar-refractivity contribution is 6.19. The predicted molar refractivity (Wildman–Crippen MR) is 48.3 cm³/mol. The summed E-state index contributed by atoms with van der Waals surface area (Å²) < 4.78 is 0. The molecule has 1 heterocycles. The molecule has 62 valence electrons. The van der Waals surface area contributed by atoms with E-state index in [1.54, 1.807) is 0 Å². The summed E-state index contributed by atoms with van der Waals surface area (Å²) in [7, 11) is 1.92. The number of carbonyl (C=O) groups is 1. The Morgan fingerprint density at radius 2 is 2.27 bits per heavy atom. The van der Waals surface area contributed by atoms with Crippen molar-refractivity contribution in [1.29, 1.82) is 0 Å². The third kappa shape index (κ3) is 1.98. The van der Waals surface area contributed by atoms with Gasteiger partial charge in [-0.3, -0.25) is 4.79 Å². The maximum atomic E-state index is 11.2. The van der Waals surface area contributed by atoms with Crippen LogP contribution in [-0.2, 0) is 4.79 Å². The molecule has 1 saturated heterocycles. The van der Waals surface area contributed by atoms with E-state index in [1.165, 1.54) is 0 Å². The summed E-state index contributed by atoms with van der Waals surface area (Å²) in [4.78, 5) is 13.2. The first-order chi connectivity index (χ1) is 5.05. The first-order valence-corrected chi connectivity index (χ1v) is 4.33. The molecule has 0 saturated carbocycles. The van der Waals surface area contributed by atoms with Crippen LogP contribution in [0.3, 0.4) is 0 Å². The lowest BCUT2D eigenvalue weighted by Gasteiger charge is -2.19. The van der Waals surface area contributed by atoms with E-state index in [1.807, 2.05) is 12.7 Å². The Labute approximate surface area is 69.4 Å². The molecule has 0 N–H and O–H groups in total. The van der Waals surface area contributed by atoms with Gasteiger partial charge in [0.1, 0.15) is 7.85 Å². The first-order valence-electron chi connectivity index (χ1n) is 4.33. The van der Waals surface area contributed by atoms with Gasteiger partial charge in [0.05, 0.1) is 0 Å². The molecular weight excluding hydrogens is 137 g/mol. The highest BCUT2D eigenvalue weighted by Crippen LogP contribution is 2.28. The highest BCUT2D eigenvalue weighted by atomic mass is 16.2. The van der Waals surface area contributed by atoms with Gasteiger partial charge in [-0.25, -0.2) is 0 Å². The molecule has 11 heavy (non-hydrogen) atoms. The first kappa shape index (κ1) is 8.63. The molecule has 0 aromatic rings. The SMILES string of the molecule is BCC(=O)N1CCC(C)(C)C1. The summed E-state index contributed by atoms with van der Waals surface area (Å²) in [5.41, 5.74) is 0.352. The topological polar surface area (TPSA) is 20.3 Å². The van der Waals surface area contributed by atoms with E-state index in [2.05, 4.69) is 13.8 Å². The summed E-state index contributed by atoms with van der Waals surface area (Å²) in [6.45, 7) is 6.34. The average molecular weight is 153 g/mol. The van der Waals surface area contributed by atoms with Crippen molar-refractivity contribution in [1.82, 2.24) is 4.90 Å². The van der Waals surface area contributed by atoms with E-state index in [9.17, 15) is 4.79 Å². The number of amides is 1. The van der Waals surface area contributed by atoms with Crippen molar-refractivity contribution < 1.29 is 4.79 Å². The van der Waals surface area contributed by atoms with E-state index >= 15 is 0 Å². The zero-order valence-corrected chi connectivity index (χ0v) is 7.68. The van der Waals surface area contributed by atoms with E-state index in [0.29, 0.717) is 17.6 Å². The number of hydrogen-bond acceptors (Lipinski definition) is 1. The molecule has 1 amide bonds. The highest BCUT2D eigenvalue weighted by Gasteiger charge is 2.30. The van der Waals surface area contributed by atoms with Crippen molar-refractivity contribution >= 4 is 13.8 Å². The second-order valence-electron chi connectivity index (χ2n) is 4.08. The van der Waals surface area contributed by atoms with Crippen LogP contribution in [0.25, 0.3) is 0 Å². The molecule has 3 heteroatoms. The van der Waals surface area contributed by atoms with Crippen LogP contribution < -0.4 is 0 Å². The minimum atomic E-state index is 0.301. The van der Waals surface area contributed by atoms with Crippen LogP contribution in [0.1, 0.15) is 20.3 Å². The molecule has 2 nitrogen and oxygen atoms in total. The van der Waals surface area contributed by atoms with Crippen LogP contribution in [0.2, 0.25) is 6.32 Å². The minimum Gasteiger partial charge on any atom is -0.343 e. The van der Waals surface area contributed by atoms with Crippen molar-refractivity contribution in [3.63, 3.8) is 0 Å². The van der Waals surface area contributed by atoms with E-state index < -0.39 is 0 Å². The van der Waals surface area contributed by atoms with Crippen LogP contribution >= 0.6 is 0 Å². The van der Waals surface area contributed by atoms with Gasteiger partial charge >= 0.3 is 0 Å². The standard InChI is InChI=1S/C8H16BNO/c1-8(2)3-4-10(6-8)7(11)5-9/h3-6,9H2,1-2H3. The number of hydrogen-bond donors (Lipinski definition) is 0. The van der Waals surface area contributed by atoms with Gasteiger partial charge in [0, 0.05) is 13.1 Å². The number of nitrogens with zero attached hydrogens (tertiary/aromatic N) is 1. The van der Waals surface area contributed by atoms with Gasteiger partial charge in [0.2, 0.25) is 5.91 Å². The molecule has 1 aliphatic rings. The Hall–Kier alpha value is -0.465. The fourth-order valence-corrected chi connectivity index (χ4v) is 1.55. The molecule has 1 fully saturated rings. The molecule has 0 unspecified atom stereocenters. The minimum absolute atomic E-state index is 0.301. The number of rotatable bonds is 1. The van der Waals surface area contributed by atoms with Gasteiger partial charge in [-0.15, -0.1) is 0 Å². The van der Waals surface area contributed by atoms with E-state index in [-0.39, 0.29) is 0 Å². The van der Waals surface area contributed by atoms with Crippen molar-refractivity contribution in [3.8, 4) is 0 Å². The van der Waals surface area contributed by atoms with Gasteiger partial charge in [-0.05, 0) is 18.2 Å². The quantitative estimate of drug-likeness (QED) is 0.496. The van der Waals surface area contributed by atoms with Gasteiger partial charge in [-0.1, -0.05) is 13.8 Å². The number of carbonyl (C=O) groups excluding carboxylic acids is 1. The molecule has 0 spiro atoms. The van der Waals surface area contributed by atoms with Crippen LogP contribution in [0.5, 0.6) is 0 Å². The predicted octanol–water partition coefficient (Wildman–Crippen LogP) is 0.296. The van der Waals surface area contributed by atoms with Crippen LogP contribution in [0, 0.1) is 5.41 Å². The summed E-state index contributed by atoms with van der Waals surface area (Å²) in [6, 6.07) is 0. The Kier molecular flexibility index (Phi) is 2.26. The van der Waals surface area contributed by atoms with Gasteiger partial charge in [-0.2, -0.15) is 0 Å². The molecule has 0 aromatic heterocycles. The molecule has 1 aliphatic heterocycles.